The van der Waals surface area contributed by atoms with E-state index in [-0.39, 0.29) is 49.0 Å². The SMILES string of the molecule is CCCOc1ccc(S(=O)(=O)N2CCN(CCOC(=O)OCCCC[C@@H](CO[N+](=O)[O-])O[N+](=O)[O-])CC2)cc1-c1nc2c(CCC)cn(CC)c2c(=O)[nH]1. The highest BCUT2D eigenvalue weighted by Gasteiger charge is 2.30. The van der Waals surface area contributed by atoms with Gasteiger partial charge in [-0.3, -0.25) is 9.69 Å². The van der Waals surface area contributed by atoms with Crippen LogP contribution in [0.3, 0.4) is 0 Å². The number of sulfonamides is 1. The average Bonchev–Trinajstić information content (AvgIpc) is 3.50. The van der Waals surface area contributed by atoms with Crippen LogP contribution in [0.2, 0.25) is 0 Å². The second kappa shape index (κ2) is 19.9. The molecule has 1 aliphatic rings. The third-order valence-corrected chi connectivity index (χ3v) is 10.6. The smallest absolute Gasteiger partial charge is 0.493 e. The summed E-state index contributed by atoms with van der Waals surface area (Å²) in [5, 5.41) is 18.8. The van der Waals surface area contributed by atoms with Crippen LogP contribution in [0.15, 0.2) is 34.1 Å². The van der Waals surface area contributed by atoms with Crippen LogP contribution in [-0.2, 0) is 42.1 Å². The summed E-state index contributed by atoms with van der Waals surface area (Å²) < 4.78 is 47.1. The number of piperazine rings is 1. The number of hydrogen-bond donors (Lipinski definition) is 1. The number of rotatable bonds is 22. The molecule has 0 bridgehead atoms. The van der Waals surface area contributed by atoms with Crippen molar-refractivity contribution in [2.24, 2.45) is 0 Å². The topological polar surface area (TPSA) is 241 Å². The van der Waals surface area contributed by atoms with Crippen LogP contribution < -0.4 is 10.3 Å². The van der Waals surface area contributed by atoms with E-state index in [4.69, 9.17) is 19.2 Å². The van der Waals surface area contributed by atoms with E-state index in [1.54, 1.807) is 6.07 Å². The lowest BCUT2D eigenvalue weighted by molar-refractivity contribution is -0.790. The predicted octanol–water partition coefficient (Wildman–Crippen LogP) is 3.57. The van der Waals surface area contributed by atoms with Gasteiger partial charge in [0.1, 0.15) is 36.4 Å². The number of ether oxygens (including phenoxy) is 3. The first-order valence-corrected chi connectivity index (χ1v) is 19.3. The molecule has 0 amide bonds. The number of aromatic nitrogens is 3. The van der Waals surface area contributed by atoms with Crippen molar-refractivity contribution in [2.75, 3.05) is 59.2 Å². The van der Waals surface area contributed by atoms with Gasteiger partial charge >= 0.3 is 6.16 Å². The number of nitrogens with one attached hydrogen (secondary N) is 1. The highest BCUT2D eigenvalue weighted by Crippen LogP contribution is 2.33. The van der Waals surface area contributed by atoms with Crippen molar-refractivity contribution in [3.8, 4) is 17.1 Å². The van der Waals surface area contributed by atoms with E-state index in [2.05, 4.69) is 21.6 Å². The molecule has 298 valence electrons. The number of hydrogen-bond acceptors (Lipinski definition) is 15. The molecule has 0 radical (unpaired) electrons. The lowest BCUT2D eigenvalue weighted by Gasteiger charge is -2.33. The van der Waals surface area contributed by atoms with Crippen molar-refractivity contribution in [1.82, 2.24) is 23.7 Å². The number of aryl methyl sites for hydroxylation is 2. The van der Waals surface area contributed by atoms with E-state index in [0.29, 0.717) is 68.0 Å². The van der Waals surface area contributed by atoms with Crippen LogP contribution in [0, 0.1) is 20.2 Å². The molecule has 1 N–H and O–H groups in total. The second-order valence-electron chi connectivity index (χ2n) is 12.5. The maximum atomic E-state index is 13.9. The number of fused-ring (bicyclic) bond motifs is 1. The van der Waals surface area contributed by atoms with E-state index < -0.39 is 39.1 Å². The Morgan fingerprint density at radius 2 is 1.74 bits per heavy atom. The summed E-state index contributed by atoms with van der Waals surface area (Å²) >= 11 is 0. The van der Waals surface area contributed by atoms with Gasteiger partial charge in [0.15, 0.2) is 0 Å². The summed E-state index contributed by atoms with van der Waals surface area (Å²) in [5.41, 5.74) is 2.04. The molecule has 0 spiro atoms. The minimum atomic E-state index is -3.95. The fourth-order valence-corrected chi connectivity index (χ4v) is 7.45. The molecule has 1 atom stereocenters. The zero-order valence-electron chi connectivity index (χ0n) is 30.6. The average molecular weight is 782 g/mol. The van der Waals surface area contributed by atoms with Crippen LogP contribution in [0.1, 0.15) is 58.4 Å². The fraction of sp³-hybridized carbons (Fsp3) is 0.606. The van der Waals surface area contributed by atoms with Crippen molar-refractivity contribution in [2.45, 2.75) is 76.8 Å². The first-order valence-electron chi connectivity index (χ1n) is 17.9. The Kier molecular flexibility index (Phi) is 15.4. The third kappa shape index (κ3) is 11.2. The number of H-pyrrole nitrogens is 1. The molecule has 3 aromatic rings. The molecule has 2 aromatic heterocycles. The predicted molar refractivity (Wildman–Crippen MR) is 192 cm³/mol. The van der Waals surface area contributed by atoms with E-state index >= 15 is 0 Å². The summed E-state index contributed by atoms with van der Waals surface area (Å²) in [4.78, 5) is 64.4. The van der Waals surface area contributed by atoms with Crippen LogP contribution in [0.5, 0.6) is 5.75 Å². The maximum Gasteiger partial charge on any atom is 0.508 e. The summed E-state index contributed by atoms with van der Waals surface area (Å²) in [6.45, 7) is 7.79. The largest absolute Gasteiger partial charge is 0.508 e. The number of unbranched alkanes of at least 4 members (excludes halogenated alkanes) is 1. The molecule has 1 saturated heterocycles. The fourth-order valence-electron chi connectivity index (χ4n) is 6.00. The van der Waals surface area contributed by atoms with E-state index in [9.17, 15) is 38.2 Å². The molecule has 1 fully saturated rings. The van der Waals surface area contributed by atoms with Crippen molar-refractivity contribution < 1.29 is 47.3 Å². The Labute approximate surface area is 311 Å². The first-order chi connectivity index (χ1) is 25.9. The summed E-state index contributed by atoms with van der Waals surface area (Å²) in [7, 11) is -3.95. The normalized spacial score (nSPS) is 14.4. The first kappa shape index (κ1) is 41.7. The zero-order chi connectivity index (χ0) is 39.3. The number of carbonyl (C=O) groups is 1. The van der Waals surface area contributed by atoms with Crippen molar-refractivity contribution in [3.05, 3.63) is 60.5 Å². The lowest BCUT2D eigenvalue weighted by Crippen LogP contribution is -2.49. The Morgan fingerprint density at radius 3 is 2.41 bits per heavy atom. The summed E-state index contributed by atoms with van der Waals surface area (Å²) in [6, 6.07) is 4.58. The van der Waals surface area contributed by atoms with Gasteiger partial charge in [0.2, 0.25) is 10.0 Å². The summed E-state index contributed by atoms with van der Waals surface area (Å²) in [6.07, 6.45) is 2.88. The van der Waals surface area contributed by atoms with Crippen molar-refractivity contribution in [3.63, 3.8) is 0 Å². The Bertz CT molecular complexity index is 1910. The Balaban J connectivity index is 1.32. The van der Waals surface area contributed by atoms with Crippen LogP contribution in [0.25, 0.3) is 22.4 Å². The number of benzene rings is 1. The van der Waals surface area contributed by atoms with Crippen LogP contribution in [-0.4, -0.2) is 114 Å². The molecule has 21 heteroatoms. The minimum Gasteiger partial charge on any atom is -0.493 e. The third-order valence-electron chi connectivity index (χ3n) is 8.66. The van der Waals surface area contributed by atoms with Crippen LogP contribution in [0.4, 0.5) is 4.79 Å². The number of nitrogens with zero attached hydrogens (tertiary/aromatic N) is 6. The highest BCUT2D eigenvalue weighted by molar-refractivity contribution is 7.89. The van der Waals surface area contributed by atoms with Crippen LogP contribution >= 0.6 is 0 Å². The molecule has 0 saturated carbocycles. The van der Waals surface area contributed by atoms with Gasteiger partial charge in [-0.05, 0) is 62.8 Å². The zero-order valence-corrected chi connectivity index (χ0v) is 31.4. The van der Waals surface area contributed by atoms with Gasteiger partial charge in [-0.2, -0.15) is 4.31 Å². The minimum absolute atomic E-state index is 0.00228. The van der Waals surface area contributed by atoms with Gasteiger partial charge < -0.3 is 33.4 Å². The van der Waals surface area contributed by atoms with Gasteiger partial charge in [0.25, 0.3) is 15.7 Å². The van der Waals surface area contributed by atoms with Crippen molar-refractivity contribution in [1.29, 1.82) is 0 Å². The molecule has 0 unspecified atom stereocenters. The van der Waals surface area contributed by atoms with Gasteiger partial charge in [-0.15, -0.1) is 20.2 Å². The Morgan fingerprint density at radius 1 is 1.00 bits per heavy atom. The van der Waals surface area contributed by atoms with Gasteiger partial charge in [-0.1, -0.05) is 20.3 Å². The molecule has 3 heterocycles. The second-order valence-corrected chi connectivity index (χ2v) is 14.4. The monoisotopic (exact) mass is 781 g/mol. The van der Waals surface area contributed by atoms with Gasteiger partial charge in [-0.25, -0.2) is 18.2 Å². The van der Waals surface area contributed by atoms with E-state index in [1.807, 2.05) is 29.5 Å². The Hall–Kier alpha value is -5.02. The quantitative estimate of drug-likeness (QED) is 0.0663. The molecule has 20 nitrogen and oxygen atoms in total. The molecule has 4 rings (SSSR count). The van der Waals surface area contributed by atoms with Gasteiger partial charge in [0.05, 0.1) is 29.2 Å². The standard InChI is InChI=1S/C33H47N7O13S/c1-4-9-24-22-37(6-3)30-29(24)34-31(35-32(30)41)27-21-26(11-12-28(27)49-18-5-2)54(47,48)38-15-13-36(14-16-38)17-20-51-33(42)50-19-8-7-10-25(53-40(45)46)23-52-39(43)44/h11-12,21-22,25H,4-10,13-20,23H2,1-3H3,(H,34,35,41)/t25-/m0/s1. The highest BCUT2D eigenvalue weighted by atomic mass is 32.2. The van der Waals surface area contributed by atoms with E-state index in [0.717, 1.165) is 24.8 Å². The molecule has 54 heavy (non-hydrogen) atoms. The molecule has 1 aromatic carbocycles. The lowest BCUT2D eigenvalue weighted by atomic mass is 10.1. The molecule has 0 aliphatic carbocycles. The summed E-state index contributed by atoms with van der Waals surface area (Å²) in [5.74, 6) is 0.631. The molecular formula is C33H47N7O13S. The van der Waals surface area contributed by atoms with Crippen molar-refractivity contribution >= 4 is 27.2 Å². The number of carbonyl (C=O) groups excluding carboxylic acids is 1. The number of aromatic amines is 1. The maximum absolute atomic E-state index is 13.9. The van der Waals surface area contributed by atoms with E-state index in [1.165, 1.54) is 16.4 Å². The van der Waals surface area contributed by atoms with Gasteiger partial charge in [0, 0.05) is 45.5 Å². The molecule has 1 aliphatic heterocycles. The molecular weight excluding hydrogens is 734 g/mol.